The van der Waals surface area contributed by atoms with Crippen LogP contribution in [-0.4, -0.2) is 25.5 Å². The largest absolute Gasteiger partial charge is 0.497 e. The van der Waals surface area contributed by atoms with Crippen LogP contribution in [0.15, 0.2) is 76.6 Å². The highest BCUT2D eigenvalue weighted by Gasteiger charge is 2.15. The van der Waals surface area contributed by atoms with Gasteiger partial charge in [-0.1, -0.05) is 0 Å². The lowest BCUT2D eigenvalue weighted by atomic mass is 10.2. The number of hydrogen-bond donors (Lipinski definition) is 2. The van der Waals surface area contributed by atoms with E-state index in [1.807, 2.05) is 29.6 Å². The van der Waals surface area contributed by atoms with E-state index >= 15 is 0 Å². The molecule has 0 aliphatic heterocycles. The fourth-order valence-corrected chi connectivity index (χ4v) is 5.35. The van der Waals surface area contributed by atoms with Gasteiger partial charge < -0.3 is 10.1 Å². The third kappa shape index (κ3) is 5.38. The molecule has 0 fully saturated rings. The average molecular weight is 496 g/mol. The smallest absolute Gasteiger partial charge is 0.263 e. The van der Waals surface area contributed by atoms with Crippen molar-refractivity contribution >= 4 is 49.1 Å². The maximum absolute atomic E-state index is 12.4. The second-order valence-corrected chi connectivity index (χ2v) is 9.98. The fraction of sp³-hybridized carbons (Fsp3) is 0.0455. The van der Waals surface area contributed by atoms with Crippen LogP contribution in [-0.2, 0) is 10.0 Å². The Labute approximate surface area is 198 Å². The molecule has 0 saturated carbocycles. The van der Waals surface area contributed by atoms with E-state index in [0.29, 0.717) is 21.4 Å². The summed E-state index contributed by atoms with van der Waals surface area (Å²) in [6.45, 7) is 0. The zero-order chi connectivity index (χ0) is 23.3. The number of rotatable bonds is 8. The molecule has 0 aliphatic rings. The number of allylic oxidation sites excluding steroid dienone is 1. The molecule has 0 saturated heterocycles. The summed E-state index contributed by atoms with van der Waals surface area (Å²) in [5.74, 6) is 0.758. The van der Waals surface area contributed by atoms with Crippen molar-refractivity contribution in [2.75, 3.05) is 17.1 Å². The number of aromatic nitrogens is 2. The summed E-state index contributed by atoms with van der Waals surface area (Å²) in [7, 11) is -2.11. The monoisotopic (exact) mass is 495 g/mol. The summed E-state index contributed by atoms with van der Waals surface area (Å²) in [6, 6.07) is 15.9. The van der Waals surface area contributed by atoms with Crippen molar-refractivity contribution in [3.05, 3.63) is 76.7 Å². The Morgan fingerprint density at radius 3 is 2.52 bits per heavy atom. The lowest BCUT2D eigenvalue weighted by Crippen LogP contribution is -2.12. The lowest BCUT2D eigenvalue weighted by molar-refractivity contribution is 0.415. The van der Waals surface area contributed by atoms with Gasteiger partial charge in [-0.15, -0.1) is 22.7 Å². The Morgan fingerprint density at radius 2 is 1.88 bits per heavy atom. The van der Waals surface area contributed by atoms with Crippen LogP contribution in [0.25, 0.3) is 16.8 Å². The van der Waals surface area contributed by atoms with Gasteiger partial charge in [-0.25, -0.2) is 18.4 Å². The molecule has 2 aromatic carbocycles. The summed E-state index contributed by atoms with van der Waals surface area (Å²) in [4.78, 5) is 8.59. The van der Waals surface area contributed by atoms with Crippen LogP contribution in [0.4, 0.5) is 10.8 Å². The predicted octanol–water partition coefficient (Wildman–Crippen LogP) is 5.05. The number of ether oxygens (including phenoxy) is 1. The van der Waals surface area contributed by atoms with E-state index < -0.39 is 10.0 Å². The molecule has 2 heterocycles. The number of methoxy groups -OCH3 is 1. The molecule has 33 heavy (non-hydrogen) atoms. The normalized spacial score (nSPS) is 11.6. The van der Waals surface area contributed by atoms with E-state index in [4.69, 9.17) is 4.74 Å². The summed E-state index contributed by atoms with van der Waals surface area (Å²) in [5, 5.41) is 17.0. The van der Waals surface area contributed by atoms with E-state index in [-0.39, 0.29) is 4.90 Å². The standard InChI is InChI=1S/C22H17N5O3S3/c1-30-18-6-2-15(3-7-18)20-14-32-21(26-20)16(12-23)13-25-17-4-8-19(9-5-17)33(28,29)27-22-24-10-11-31-22/h2-11,13-14,25H,1H3,(H,24,27). The SMILES string of the molecule is COc1ccc(-c2csc(C(C#N)=CNc3ccc(S(=O)(=O)Nc4nccs4)cc3)n2)cc1. The van der Waals surface area contributed by atoms with Gasteiger partial charge in [-0.05, 0) is 48.5 Å². The van der Waals surface area contributed by atoms with Crippen LogP contribution in [0, 0.1) is 11.3 Å². The number of thiazole rings is 2. The van der Waals surface area contributed by atoms with Gasteiger partial charge in [0.05, 0.1) is 17.7 Å². The predicted molar refractivity (Wildman–Crippen MR) is 131 cm³/mol. The molecule has 0 unspecified atom stereocenters. The summed E-state index contributed by atoms with van der Waals surface area (Å²) < 4.78 is 32.5. The first-order valence-electron chi connectivity index (χ1n) is 9.48. The first-order chi connectivity index (χ1) is 16.0. The number of hydrogen-bond acceptors (Lipinski definition) is 9. The van der Waals surface area contributed by atoms with Crippen LogP contribution in [0.2, 0.25) is 0 Å². The minimum atomic E-state index is -3.72. The lowest BCUT2D eigenvalue weighted by Gasteiger charge is -2.06. The highest BCUT2D eigenvalue weighted by molar-refractivity contribution is 7.93. The minimum Gasteiger partial charge on any atom is -0.497 e. The zero-order valence-corrected chi connectivity index (χ0v) is 19.7. The summed E-state index contributed by atoms with van der Waals surface area (Å²) in [6.07, 6.45) is 3.07. The Balaban J connectivity index is 1.46. The molecule has 166 valence electrons. The number of benzene rings is 2. The van der Waals surface area contributed by atoms with Gasteiger partial charge in [-0.2, -0.15) is 5.26 Å². The topological polar surface area (TPSA) is 117 Å². The van der Waals surface area contributed by atoms with Crippen molar-refractivity contribution in [2.45, 2.75) is 4.90 Å². The van der Waals surface area contributed by atoms with Gasteiger partial charge in [0.25, 0.3) is 10.0 Å². The molecule has 0 bridgehead atoms. The Kier molecular flexibility index (Phi) is 6.69. The summed E-state index contributed by atoms with van der Waals surface area (Å²) >= 11 is 2.56. The first-order valence-corrected chi connectivity index (χ1v) is 12.7. The molecule has 11 heteroatoms. The van der Waals surface area contributed by atoms with Crippen molar-refractivity contribution in [1.29, 1.82) is 5.26 Å². The van der Waals surface area contributed by atoms with Crippen LogP contribution in [0.3, 0.4) is 0 Å². The maximum Gasteiger partial charge on any atom is 0.263 e. The van der Waals surface area contributed by atoms with Gasteiger partial charge in [0.15, 0.2) is 5.13 Å². The molecule has 0 spiro atoms. The van der Waals surface area contributed by atoms with E-state index in [0.717, 1.165) is 17.0 Å². The van der Waals surface area contributed by atoms with Gasteiger partial charge in [0, 0.05) is 34.4 Å². The van der Waals surface area contributed by atoms with E-state index in [2.05, 4.69) is 26.1 Å². The van der Waals surface area contributed by atoms with Crippen molar-refractivity contribution in [3.8, 4) is 23.1 Å². The molecular weight excluding hydrogens is 478 g/mol. The maximum atomic E-state index is 12.4. The fourth-order valence-electron chi connectivity index (χ4n) is 2.77. The molecule has 0 atom stereocenters. The molecule has 0 amide bonds. The van der Waals surface area contributed by atoms with Crippen molar-refractivity contribution in [1.82, 2.24) is 9.97 Å². The van der Waals surface area contributed by atoms with Crippen molar-refractivity contribution in [2.24, 2.45) is 0 Å². The van der Waals surface area contributed by atoms with Gasteiger partial charge in [-0.3, -0.25) is 4.72 Å². The van der Waals surface area contributed by atoms with Crippen molar-refractivity contribution in [3.63, 3.8) is 0 Å². The Bertz CT molecular complexity index is 1400. The highest BCUT2D eigenvalue weighted by Crippen LogP contribution is 2.27. The minimum absolute atomic E-state index is 0.108. The van der Waals surface area contributed by atoms with Crippen LogP contribution in [0.5, 0.6) is 5.75 Å². The number of sulfonamides is 1. The van der Waals surface area contributed by atoms with Gasteiger partial charge in [0.2, 0.25) is 0 Å². The van der Waals surface area contributed by atoms with Gasteiger partial charge >= 0.3 is 0 Å². The van der Waals surface area contributed by atoms with Crippen LogP contribution >= 0.6 is 22.7 Å². The third-order valence-corrected chi connectivity index (χ3v) is 7.49. The quantitative estimate of drug-likeness (QED) is 0.328. The zero-order valence-electron chi connectivity index (χ0n) is 17.2. The molecule has 4 aromatic rings. The molecule has 2 N–H and O–H groups in total. The highest BCUT2D eigenvalue weighted by atomic mass is 32.2. The van der Waals surface area contributed by atoms with Crippen molar-refractivity contribution < 1.29 is 13.2 Å². The third-order valence-electron chi connectivity index (χ3n) is 4.44. The number of anilines is 2. The molecule has 8 nitrogen and oxygen atoms in total. The van der Waals surface area contributed by atoms with E-state index in [1.165, 1.54) is 41.0 Å². The molecule has 0 radical (unpaired) electrons. The molecular formula is C22H17N5O3S3. The Hall–Kier alpha value is -3.72. The van der Waals surface area contributed by atoms with E-state index in [9.17, 15) is 13.7 Å². The van der Waals surface area contributed by atoms with Crippen LogP contribution < -0.4 is 14.8 Å². The van der Waals surface area contributed by atoms with E-state index in [1.54, 1.807) is 30.8 Å². The summed E-state index contributed by atoms with van der Waals surface area (Å²) in [5.41, 5.74) is 2.68. The second-order valence-electron chi connectivity index (χ2n) is 6.55. The molecule has 0 aliphatic carbocycles. The number of nitrogens with zero attached hydrogens (tertiary/aromatic N) is 3. The average Bonchev–Trinajstić information content (AvgIpc) is 3.52. The molecule has 2 aromatic heterocycles. The first kappa shape index (κ1) is 22.5. The van der Waals surface area contributed by atoms with Crippen LogP contribution in [0.1, 0.15) is 5.01 Å². The second kappa shape index (κ2) is 9.83. The number of nitriles is 1. The molecule has 4 rings (SSSR count). The Morgan fingerprint density at radius 1 is 1.12 bits per heavy atom. The van der Waals surface area contributed by atoms with Gasteiger partial charge in [0.1, 0.15) is 22.4 Å². The number of nitrogens with one attached hydrogen (secondary N) is 2.